The molecule has 0 aromatic heterocycles. The van der Waals surface area contributed by atoms with Crippen LogP contribution in [0.1, 0.15) is 0 Å². The average molecular weight is 317 g/mol. The van der Waals surface area contributed by atoms with Gasteiger partial charge in [0.25, 0.3) is 0 Å². The number of aliphatic hydroxyl groups is 3. The van der Waals surface area contributed by atoms with E-state index in [1.165, 1.54) is 7.48 Å². The van der Waals surface area contributed by atoms with Crippen molar-refractivity contribution in [1.82, 2.24) is 0 Å². The van der Waals surface area contributed by atoms with Crippen molar-refractivity contribution in [1.29, 1.82) is 0 Å². The molecule has 3 fully saturated rings. The standard InChI is InChI=1S/C11H16B2ClO7/c12-9-5(14)6(16)4(20-9)1-19-13-10-7-8(17)11(2-15,21-10)3-18-7/h4-10,15-17H,1-3H2/t4-,5-,6-,7-,8+,9-,10-,11+/m1/s1. The highest BCUT2D eigenvalue weighted by Crippen LogP contribution is 2.39. The van der Waals surface area contributed by atoms with Crippen molar-refractivity contribution >= 4 is 26.9 Å². The molecule has 115 valence electrons. The Morgan fingerprint density at radius 3 is 2.76 bits per heavy atom. The third-order valence-corrected chi connectivity index (χ3v) is 4.68. The van der Waals surface area contributed by atoms with Gasteiger partial charge in [-0.05, 0) is 0 Å². The third-order valence-electron chi connectivity index (χ3n) is 4.18. The number of halogens is 1. The van der Waals surface area contributed by atoms with Gasteiger partial charge in [-0.3, -0.25) is 0 Å². The molecule has 0 aromatic rings. The number of aliphatic hydroxyl groups excluding tert-OH is 3. The smallest absolute Gasteiger partial charge is 0.327 e. The van der Waals surface area contributed by atoms with Crippen LogP contribution in [0.4, 0.5) is 0 Å². The summed E-state index contributed by atoms with van der Waals surface area (Å²) < 4.78 is 21.6. The lowest BCUT2D eigenvalue weighted by Crippen LogP contribution is -2.45. The summed E-state index contributed by atoms with van der Waals surface area (Å²) in [5.41, 5.74) is -1.08. The molecule has 2 bridgehead atoms. The van der Waals surface area contributed by atoms with E-state index in [4.69, 9.17) is 38.3 Å². The van der Waals surface area contributed by atoms with Crippen molar-refractivity contribution in [3.8, 4) is 0 Å². The fourth-order valence-corrected chi connectivity index (χ4v) is 3.07. The van der Waals surface area contributed by atoms with Crippen molar-refractivity contribution in [2.45, 2.75) is 47.4 Å². The highest BCUT2D eigenvalue weighted by molar-refractivity contribution is 6.29. The van der Waals surface area contributed by atoms with Gasteiger partial charge in [0.15, 0.2) is 0 Å². The molecule has 3 heterocycles. The summed E-state index contributed by atoms with van der Waals surface area (Å²) in [6, 6.07) is -1.34. The fourth-order valence-electron chi connectivity index (χ4n) is 2.85. The molecular formula is C11H16B2ClO7. The molecule has 3 saturated heterocycles. The predicted molar refractivity (Wildman–Crippen MR) is 72.2 cm³/mol. The van der Waals surface area contributed by atoms with Gasteiger partial charge < -0.3 is 34.2 Å². The Hall–Kier alpha value is 0.140. The second-order valence-corrected chi connectivity index (χ2v) is 6.07. The lowest BCUT2D eigenvalue weighted by atomic mass is 9.85. The molecule has 21 heavy (non-hydrogen) atoms. The zero-order valence-electron chi connectivity index (χ0n) is 11.2. The number of ether oxygens (including phenoxy) is 3. The molecule has 0 unspecified atom stereocenters. The van der Waals surface area contributed by atoms with Gasteiger partial charge in [-0.25, -0.2) is 0 Å². The molecule has 3 radical (unpaired) electrons. The Labute approximate surface area is 129 Å². The van der Waals surface area contributed by atoms with Gasteiger partial charge in [-0.1, -0.05) is 0 Å². The van der Waals surface area contributed by atoms with E-state index in [1.807, 2.05) is 0 Å². The van der Waals surface area contributed by atoms with E-state index in [0.29, 0.717) is 0 Å². The van der Waals surface area contributed by atoms with Crippen LogP contribution in [0.3, 0.4) is 0 Å². The number of alkyl halides is 1. The highest BCUT2D eigenvalue weighted by atomic mass is 35.5. The van der Waals surface area contributed by atoms with E-state index in [-0.39, 0.29) is 19.8 Å². The molecule has 0 spiro atoms. The Kier molecular flexibility index (Phi) is 4.56. The first kappa shape index (κ1) is 16.0. The summed E-state index contributed by atoms with van der Waals surface area (Å²) in [5.74, 6) is 0. The van der Waals surface area contributed by atoms with E-state index in [9.17, 15) is 15.3 Å². The second kappa shape index (κ2) is 5.97. The van der Waals surface area contributed by atoms with Crippen LogP contribution in [-0.4, -0.2) is 97.9 Å². The molecule has 0 aliphatic carbocycles. The van der Waals surface area contributed by atoms with Crippen LogP contribution < -0.4 is 0 Å². The maximum Gasteiger partial charge on any atom is 0.327 e. The van der Waals surface area contributed by atoms with E-state index in [1.54, 1.807) is 0 Å². The average Bonchev–Trinajstić information content (AvgIpc) is 3.03. The lowest BCUT2D eigenvalue weighted by Gasteiger charge is -2.28. The van der Waals surface area contributed by atoms with Crippen molar-refractivity contribution < 1.29 is 34.2 Å². The fraction of sp³-hybridized carbons (Fsp3) is 1.00. The molecular weight excluding hydrogens is 301 g/mol. The maximum absolute atomic E-state index is 9.99. The zero-order valence-corrected chi connectivity index (χ0v) is 11.9. The summed E-state index contributed by atoms with van der Waals surface area (Å²) in [6.07, 6.45) is -3.02. The van der Waals surface area contributed by atoms with Crippen LogP contribution in [0.25, 0.3) is 0 Å². The number of rotatable bonds is 5. The summed E-state index contributed by atoms with van der Waals surface area (Å²) in [4.78, 5) is 0. The predicted octanol–water partition coefficient (Wildman–Crippen LogP) is -2.67. The molecule has 3 N–H and O–H groups in total. The second-order valence-electron chi connectivity index (χ2n) is 5.57. The first-order valence-electron chi connectivity index (χ1n) is 6.75. The van der Waals surface area contributed by atoms with E-state index in [0.717, 1.165) is 0 Å². The van der Waals surface area contributed by atoms with Gasteiger partial charge in [0.2, 0.25) is 0 Å². The van der Waals surface area contributed by atoms with E-state index in [2.05, 4.69) is 0 Å². The molecule has 0 amide bonds. The minimum absolute atomic E-state index is 0.0485. The molecule has 0 aromatic carbocycles. The van der Waals surface area contributed by atoms with Crippen molar-refractivity contribution in [2.75, 3.05) is 19.8 Å². The molecule has 7 nitrogen and oxygen atoms in total. The van der Waals surface area contributed by atoms with Crippen molar-refractivity contribution in [2.24, 2.45) is 0 Å². The SMILES string of the molecule is [B][C@@H]1O[C@H](CO[B][C@@H]2O[C@@]3(CO)CO[C@@H]2[C@@H]3O)[C@@H](O)[C@H]1Cl. The molecule has 3 aliphatic heterocycles. The third kappa shape index (κ3) is 2.64. The number of hydrogen-bond acceptors (Lipinski definition) is 7. The van der Waals surface area contributed by atoms with Gasteiger partial charge in [-0.2, -0.15) is 0 Å². The van der Waals surface area contributed by atoms with Gasteiger partial charge in [0.1, 0.15) is 37.9 Å². The molecule has 3 rings (SSSR count). The number of hydrogen-bond donors (Lipinski definition) is 3. The Morgan fingerprint density at radius 2 is 2.19 bits per heavy atom. The summed E-state index contributed by atoms with van der Waals surface area (Å²) in [5, 5.41) is 28.4. The van der Waals surface area contributed by atoms with Crippen LogP contribution in [0.15, 0.2) is 0 Å². The lowest BCUT2D eigenvalue weighted by molar-refractivity contribution is -0.140. The highest BCUT2D eigenvalue weighted by Gasteiger charge is 2.61. The number of fused-ring (bicyclic) bond motifs is 2. The van der Waals surface area contributed by atoms with Crippen LogP contribution in [0, 0.1) is 0 Å². The van der Waals surface area contributed by atoms with Crippen LogP contribution >= 0.6 is 11.6 Å². The monoisotopic (exact) mass is 317 g/mol. The minimum Gasteiger partial charge on any atom is -0.435 e. The molecule has 0 saturated carbocycles. The minimum atomic E-state index is -1.08. The van der Waals surface area contributed by atoms with Crippen LogP contribution in [0.2, 0.25) is 0 Å². The summed E-state index contributed by atoms with van der Waals surface area (Å²) in [7, 11) is 6.94. The Balaban J connectivity index is 1.47. The van der Waals surface area contributed by atoms with Crippen molar-refractivity contribution in [3.05, 3.63) is 0 Å². The van der Waals surface area contributed by atoms with Gasteiger partial charge >= 0.3 is 7.48 Å². The zero-order chi connectivity index (χ0) is 15.2. The van der Waals surface area contributed by atoms with E-state index < -0.39 is 47.4 Å². The maximum atomic E-state index is 9.99. The van der Waals surface area contributed by atoms with Gasteiger partial charge in [0, 0.05) is 6.00 Å². The summed E-state index contributed by atoms with van der Waals surface area (Å²) in [6.45, 7) is -0.137. The Bertz CT molecular complexity index is 392. The first-order valence-corrected chi connectivity index (χ1v) is 7.18. The first-order chi connectivity index (χ1) is 9.98. The van der Waals surface area contributed by atoms with Gasteiger partial charge in [-0.15, -0.1) is 11.6 Å². The summed E-state index contributed by atoms with van der Waals surface area (Å²) >= 11 is 5.85. The van der Waals surface area contributed by atoms with E-state index >= 15 is 0 Å². The molecule has 10 heteroatoms. The topological polar surface area (TPSA) is 97.6 Å². The van der Waals surface area contributed by atoms with Crippen molar-refractivity contribution in [3.63, 3.8) is 0 Å². The largest absolute Gasteiger partial charge is 0.435 e. The quantitative estimate of drug-likeness (QED) is 0.376. The van der Waals surface area contributed by atoms with Gasteiger partial charge in [0.05, 0.1) is 31.2 Å². The molecule has 3 aliphatic rings. The Morgan fingerprint density at radius 1 is 1.43 bits per heavy atom. The van der Waals surface area contributed by atoms with Crippen LogP contribution in [0.5, 0.6) is 0 Å². The molecule has 8 atom stereocenters. The van der Waals surface area contributed by atoms with Crippen LogP contribution in [-0.2, 0) is 18.9 Å². The normalized spacial score (nSPS) is 52.5.